The first kappa shape index (κ1) is 20.3. The molecule has 1 amide bonds. The van der Waals surface area contributed by atoms with E-state index in [0.717, 1.165) is 58.3 Å². The highest BCUT2D eigenvalue weighted by Crippen LogP contribution is 2.47. The normalized spacial score (nSPS) is 13.8. The Hall–Kier alpha value is -3.60. The van der Waals surface area contributed by atoms with E-state index in [1.165, 1.54) is 12.4 Å². The van der Waals surface area contributed by atoms with Gasteiger partial charge in [-0.3, -0.25) is 4.79 Å². The Labute approximate surface area is 184 Å². The SMILES string of the molecule is O=C(Nc1cnc(-n2nccn2)c(C(F)(F)F)c1)c1snc(-c2ccccc2)c1C1CC1. The zero-order chi connectivity index (χ0) is 22.3. The molecule has 1 fully saturated rings. The molecule has 3 heterocycles. The van der Waals surface area contributed by atoms with Crippen molar-refractivity contribution < 1.29 is 18.0 Å². The van der Waals surface area contributed by atoms with E-state index < -0.39 is 23.5 Å². The van der Waals surface area contributed by atoms with E-state index in [2.05, 4.69) is 24.9 Å². The highest BCUT2D eigenvalue weighted by atomic mass is 32.1. The van der Waals surface area contributed by atoms with E-state index in [1.807, 2.05) is 30.3 Å². The van der Waals surface area contributed by atoms with Crippen molar-refractivity contribution in [1.82, 2.24) is 24.4 Å². The summed E-state index contributed by atoms with van der Waals surface area (Å²) in [6, 6.07) is 10.4. The minimum Gasteiger partial charge on any atom is -0.320 e. The van der Waals surface area contributed by atoms with Crippen molar-refractivity contribution in [3.8, 4) is 17.1 Å². The average Bonchev–Trinajstić information content (AvgIpc) is 3.28. The van der Waals surface area contributed by atoms with Gasteiger partial charge in [0, 0.05) is 11.1 Å². The van der Waals surface area contributed by atoms with E-state index >= 15 is 0 Å². The van der Waals surface area contributed by atoms with Crippen molar-refractivity contribution in [1.29, 1.82) is 0 Å². The third-order valence-electron chi connectivity index (χ3n) is 5.01. The summed E-state index contributed by atoms with van der Waals surface area (Å²) in [6.07, 6.45) is 0.854. The maximum Gasteiger partial charge on any atom is 0.420 e. The van der Waals surface area contributed by atoms with Crippen LogP contribution in [0.2, 0.25) is 0 Å². The second-order valence-corrected chi connectivity index (χ2v) is 8.05. The Morgan fingerprint density at radius 2 is 1.84 bits per heavy atom. The molecule has 0 aliphatic heterocycles. The smallest absolute Gasteiger partial charge is 0.320 e. The van der Waals surface area contributed by atoms with Gasteiger partial charge >= 0.3 is 6.18 Å². The number of nitrogens with zero attached hydrogens (tertiary/aromatic N) is 5. The van der Waals surface area contributed by atoms with Gasteiger partial charge in [-0.25, -0.2) is 4.98 Å². The highest BCUT2D eigenvalue weighted by molar-refractivity contribution is 7.08. The van der Waals surface area contributed by atoms with E-state index in [9.17, 15) is 18.0 Å². The molecule has 7 nitrogen and oxygen atoms in total. The van der Waals surface area contributed by atoms with Gasteiger partial charge in [0.05, 0.1) is 30.0 Å². The molecule has 1 saturated carbocycles. The van der Waals surface area contributed by atoms with Gasteiger partial charge in [0.15, 0.2) is 5.82 Å². The molecule has 0 radical (unpaired) electrons. The van der Waals surface area contributed by atoms with Gasteiger partial charge in [-0.05, 0) is 36.4 Å². The highest BCUT2D eigenvalue weighted by Gasteiger charge is 2.37. The molecule has 1 aromatic carbocycles. The fourth-order valence-corrected chi connectivity index (χ4v) is 4.30. The molecule has 3 aromatic heterocycles. The largest absolute Gasteiger partial charge is 0.420 e. The number of anilines is 1. The summed E-state index contributed by atoms with van der Waals surface area (Å²) in [5.41, 5.74) is 1.37. The number of aromatic nitrogens is 5. The summed E-state index contributed by atoms with van der Waals surface area (Å²) < 4.78 is 45.3. The van der Waals surface area contributed by atoms with Crippen LogP contribution in [0.1, 0.15) is 39.6 Å². The number of hydrogen-bond acceptors (Lipinski definition) is 6. The second kappa shape index (κ2) is 7.83. The molecule has 1 N–H and O–H groups in total. The fraction of sp³-hybridized carbons (Fsp3) is 0.190. The minimum atomic E-state index is -4.71. The molecule has 11 heteroatoms. The van der Waals surface area contributed by atoms with Crippen LogP contribution < -0.4 is 5.32 Å². The molecule has 162 valence electrons. The van der Waals surface area contributed by atoms with Crippen LogP contribution >= 0.6 is 11.5 Å². The fourth-order valence-electron chi connectivity index (χ4n) is 3.42. The van der Waals surface area contributed by atoms with Crippen LogP contribution in [0.4, 0.5) is 18.9 Å². The van der Waals surface area contributed by atoms with Gasteiger partial charge in [0.25, 0.3) is 5.91 Å². The number of nitrogens with one attached hydrogen (secondary N) is 1. The standard InChI is InChI=1S/C21H15F3N6OS/c22-21(23,24)15-10-14(11-25-19(15)30-26-8-9-27-30)28-20(31)18-16(12-6-7-12)17(29-32-18)13-4-2-1-3-5-13/h1-5,8-12H,6-7H2,(H,28,31). The Morgan fingerprint density at radius 1 is 1.12 bits per heavy atom. The van der Waals surface area contributed by atoms with Crippen LogP contribution in [0, 0.1) is 0 Å². The van der Waals surface area contributed by atoms with Crippen molar-refractivity contribution in [3.63, 3.8) is 0 Å². The maximum atomic E-state index is 13.6. The first-order valence-corrected chi connectivity index (χ1v) is 10.5. The lowest BCUT2D eigenvalue weighted by molar-refractivity contribution is -0.137. The van der Waals surface area contributed by atoms with E-state index in [4.69, 9.17) is 0 Å². The Bertz CT molecular complexity index is 1270. The molecule has 32 heavy (non-hydrogen) atoms. The van der Waals surface area contributed by atoms with Crippen LogP contribution in [-0.2, 0) is 6.18 Å². The third kappa shape index (κ3) is 3.86. The molecule has 0 saturated heterocycles. The Balaban J connectivity index is 1.48. The van der Waals surface area contributed by atoms with Crippen molar-refractivity contribution in [2.24, 2.45) is 0 Å². The number of pyridine rings is 1. The molecule has 0 atom stereocenters. The average molecular weight is 456 g/mol. The summed E-state index contributed by atoms with van der Waals surface area (Å²) in [6.45, 7) is 0. The van der Waals surface area contributed by atoms with Crippen molar-refractivity contribution in [2.45, 2.75) is 24.9 Å². The van der Waals surface area contributed by atoms with Crippen LogP contribution in [0.3, 0.4) is 0 Å². The van der Waals surface area contributed by atoms with Gasteiger partial charge in [-0.1, -0.05) is 30.3 Å². The summed E-state index contributed by atoms with van der Waals surface area (Å²) in [5.74, 6) is -0.753. The molecule has 5 rings (SSSR count). The second-order valence-electron chi connectivity index (χ2n) is 7.28. The molecule has 4 aromatic rings. The van der Waals surface area contributed by atoms with Crippen LogP contribution in [-0.4, -0.2) is 30.3 Å². The van der Waals surface area contributed by atoms with Gasteiger partial charge in [0.2, 0.25) is 0 Å². The maximum absolute atomic E-state index is 13.6. The van der Waals surface area contributed by atoms with Crippen molar-refractivity contribution in [3.05, 3.63) is 71.0 Å². The quantitative estimate of drug-likeness (QED) is 0.460. The third-order valence-corrected chi connectivity index (χ3v) is 5.87. The number of carbonyl (C=O) groups excluding carboxylic acids is 1. The van der Waals surface area contributed by atoms with Gasteiger partial charge in [-0.2, -0.15) is 27.7 Å². The van der Waals surface area contributed by atoms with E-state index in [1.54, 1.807) is 0 Å². The molecular weight excluding hydrogens is 441 g/mol. The summed E-state index contributed by atoms with van der Waals surface area (Å²) in [5, 5.41) is 9.98. The Kier molecular flexibility index (Phi) is 4.97. The molecule has 1 aliphatic rings. The number of halogens is 3. The van der Waals surface area contributed by atoms with Gasteiger partial charge in [-0.15, -0.1) is 4.80 Å². The lowest BCUT2D eigenvalue weighted by atomic mass is 10.0. The predicted molar refractivity (Wildman–Crippen MR) is 112 cm³/mol. The molecule has 0 bridgehead atoms. The number of hydrogen-bond donors (Lipinski definition) is 1. The number of rotatable bonds is 5. The van der Waals surface area contributed by atoms with Crippen molar-refractivity contribution in [2.75, 3.05) is 5.32 Å². The zero-order valence-electron chi connectivity index (χ0n) is 16.4. The number of alkyl halides is 3. The van der Waals surface area contributed by atoms with E-state index in [-0.39, 0.29) is 11.6 Å². The number of carbonyl (C=O) groups is 1. The summed E-state index contributed by atoms with van der Waals surface area (Å²) in [4.78, 5) is 18.0. The number of amides is 1. The first-order valence-electron chi connectivity index (χ1n) is 9.72. The van der Waals surface area contributed by atoms with Gasteiger partial charge < -0.3 is 5.32 Å². The first-order chi connectivity index (χ1) is 15.4. The topological polar surface area (TPSA) is 85.6 Å². The van der Waals surface area contributed by atoms with Crippen LogP contribution in [0.15, 0.2) is 55.0 Å². The number of benzene rings is 1. The van der Waals surface area contributed by atoms with Crippen LogP contribution in [0.5, 0.6) is 0 Å². The Morgan fingerprint density at radius 3 is 2.50 bits per heavy atom. The van der Waals surface area contributed by atoms with Crippen molar-refractivity contribution >= 4 is 23.1 Å². The monoisotopic (exact) mass is 456 g/mol. The summed E-state index contributed by atoms with van der Waals surface area (Å²) in [7, 11) is 0. The zero-order valence-corrected chi connectivity index (χ0v) is 17.2. The van der Waals surface area contributed by atoms with E-state index in [0.29, 0.717) is 4.88 Å². The predicted octanol–water partition coefficient (Wildman–Crippen LogP) is 4.93. The lowest BCUT2D eigenvalue weighted by Gasteiger charge is -2.13. The minimum absolute atomic E-state index is 0.0744. The molecule has 0 spiro atoms. The molecule has 1 aliphatic carbocycles. The lowest BCUT2D eigenvalue weighted by Crippen LogP contribution is -2.17. The van der Waals surface area contributed by atoms with Crippen LogP contribution in [0.25, 0.3) is 17.1 Å². The summed E-state index contributed by atoms with van der Waals surface area (Å²) >= 11 is 1.05. The van der Waals surface area contributed by atoms with Gasteiger partial charge in [0.1, 0.15) is 10.4 Å². The molecule has 0 unspecified atom stereocenters. The molecular formula is C21H15F3N6OS.